The van der Waals surface area contributed by atoms with Crippen molar-refractivity contribution in [1.82, 2.24) is 14.6 Å². The summed E-state index contributed by atoms with van der Waals surface area (Å²) in [5, 5.41) is 23.6. The summed E-state index contributed by atoms with van der Waals surface area (Å²) in [5.41, 5.74) is 11.8. The Morgan fingerprint density at radius 3 is 1.51 bits per heavy atom. The van der Waals surface area contributed by atoms with E-state index in [1.54, 1.807) is 88.9 Å². The third-order valence-electron chi connectivity index (χ3n) is 11.8. The maximum atomic E-state index is 12.0. The number of pyridine rings is 1. The smallest absolute Gasteiger partial charge is 0.313 e. The molecule has 9 aromatic rings. The SMILES string of the molecule is CN(N=Cc1cc[n+](C)c(=O)n1C)c1ccccc1.CN(N=Cc1cc[n+](C)cc1)c1ccccc1.CNN=Cc1sc2ccccc2[n+]1C.Cc1cc(C=NN(C)c2ccccc2)[n+](C)c(=O)n1C.Cc1ccccc1. The van der Waals surface area contributed by atoms with E-state index >= 15 is 0 Å². The maximum absolute atomic E-state index is 12.0. The van der Waals surface area contributed by atoms with Gasteiger partial charge in [0.05, 0.1) is 70.1 Å². The van der Waals surface area contributed by atoms with Crippen molar-refractivity contribution in [3.05, 3.63) is 243 Å². The fourth-order valence-corrected chi connectivity index (χ4v) is 7.94. The second-order valence-corrected chi connectivity index (χ2v) is 18.6. The van der Waals surface area contributed by atoms with Crippen LogP contribution in [0.5, 0.6) is 0 Å². The summed E-state index contributed by atoms with van der Waals surface area (Å²) in [5.74, 6) is 0. The third kappa shape index (κ3) is 18.3. The molecule has 0 fully saturated rings. The molecule has 396 valence electrons. The summed E-state index contributed by atoms with van der Waals surface area (Å²) in [7, 11) is 18.5. The van der Waals surface area contributed by atoms with Crippen molar-refractivity contribution < 1.29 is 18.3 Å². The molecule has 5 aromatic carbocycles. The highest BCUT2D eigenvalue weighted by atomic mass is 32.1. The Bertz CT molecular complexity index is 3470. The lowest BCUT2D eigenvalue weighted by Crippen LogP contribution is -2.54. The first kappa shape index (κ1) is 58.7. The van der Waals surface area contributed by atoms with Crippen LogP contribution < -0.4 is 50.1 Å². The van der Waals surface area contributed by atoms with Crippen LogP contribution >= 0.6 is 11.3 Å². The molecule has 0 bridgehead atoms. The summed E-state index contributed by atoms with van der Waals surface area (Å²) < 4.78 is 11.7. The Morgan fingerprint density at radius 2 is 1.01 bits per heavy atom. The van der Waals surface area contributed by atoms with Gasteiger partial charge >= 0.3 is 11.4 Å². The van der Waals surface area contributed by atoms with E-state index in [1.165, 1.54) is 20.3 Å². The van der Waals surface area contributed by atoms with E-state index in [2.05, 4.69) is 74.7 Å². The van der Waals surface area contributed by atoms with Crippen LogP contribution in [0.3, 0.4) is 0 Å². The average Bonchev–Trinajstić information content (AvgIpc) is 3.79. The molecule has 77 heavy (non-hydrogen) atoms. The fourth-order valence-electron chi connectivity index (χ4n) is 6.92. The molecule has 17 heteroatoms. The molecule has 0 unspecified atom stereocenters. The second-order valence-electron chi connectivity index (χ2n) is 17.5. The number of hydrogen-bond donors (Lipinski definition) is 1. The number of aromatic nitrogens is 6. The van der Waals surface area contributed by atoms with Crippen molar-refractivity contribution in [1.29, 1.82) is 0 Å². The van der Waals surface area contributed by atoms with Crippen molar-refractivity contribution in [2.45, 2.75) is 13.8 Å². The number of nitrogens with zero attached hydrogens (tertiary/aromatic N) is 13. The van der Waals surface area contributed by atoms with Crippen molar-refractivity contribution in [2.75, 3.05) is 43.2 Å². The highest BCUT2D eigenvalue weighted by Crippen LogP contribution is 2.18. The van der Waals surface area contributed by atoms with Crippen molar-refractivity contribution >= 4 is 63.5 Å². The van der Waals surface area contributed by atoms with Crippen LogP contribution in [0.1, 0.15) is 33.2 Å². The standard InChI is InChI=1S/C15H19N4O.C14H17N4O.C14H16N3.C10H11N3S.C7H8/c1-12-10-14(18(3)15(20)17(12)2)11-16-19(4)13-8-6-5-7-9-13;1-16-10-9-13(17(2)14(16)19)11-15-18(3)12-7-5-4-6-8-12;1-16-10-8-13(9-11-16)12-15-17(2)14-6-4-3-5-7-14;1-11-12-7-10-13(2)8-5-3-4-6-9(8)14-10;1-7-5-3-2-4-6-7/h5-11H,1-4H3;4-11H,1-3H3;3-12H,1-2H3;3-7H,1-2H3;2-6H,1H3/q3*+1;;/p+1. The van der Waals surface area contributed by atoms with E-state index in [1.807, 2.05) is 209 Å². The number of hydrazone groups is 4. The predicted molar refractivity (Wildman–Crippen MR) is 316 cm³/mol. The van der Waals surface area contributed by atoms with Crippen LogP contribution in [-0.4, -0.2) is 62.2 Å². The van der Waals surface area contributed by atoms with E-state index < -0.39 is 0 Å². The molecule has 4 heterocycles. The molecule has 0 saturated heterocycles. The third-order valence-corrected chi connectivity index (χ3v) is 13.0. The molecule has 0 spiro atoms. The number of aryl methyl sites for hydroxylation is 5. The molecule has 0 saturated carbocycles. The predicted octanol–water partition coefficient (Wildman–Crippen LogP) is 6.92. The Kier molecular flexibility index (Phi) is 23.0. The Morgan fingerprint density at radius 1 is 0.532 bits per heavy atom. The van der Waals surface area contributed by atoms with Gasteiger partial charge in [0.2, 0.25) is 5.52 Å². The van der Waals surface area contributed by atoms with E-state index in [9.17, 15) is 9.59 Å². The van der Waals surface area contributed by atoms with E-state index in [4.69, 9.17) is 0 Å². The number of anilines is 3. The topological polar surface area (TPSA) is 131 Å². The number of nitrogens with one attached hydrogen (secondary N) is 1. The number of rotatable bonds is 11. The monoisotopic (exact) mass is 1050 g/mol. The van der Waals surface area contributed by atoms with Gasteiger partial charge in [-0.05, 0) is 56.3 Å². The van der Waals surface area contributed by atoms with Gasteiger partial charge < -0.3 is 5.43 Å². The average molecular weight is 1050 g/mol. The van der Waals surface area contributed by atoms with Crippen molar-refractivity contribution in [2.24, 2.45) is 62.7 Å². The van der Waals surface area contributed by atoms with Gasteiger partial charge in [0, 0.05) is 64.1 Å². The van der Waals surface area contributed by atoms with E-state index in [-0.39, 0.29) is 11.4 Å². The summed E-state index contributed by atoms with van der Waals surface area (Å²) in [4.78, 5) is 23.7. The Labute approximate surface area is 456 Å². The first-order chi connectivity index (χ1) is 37.1. The molecular weight excluding hydrogens is 981 g/mol. The van der Waals surface area contributed by atoms with Crippen LogP contribution in [0.15, 0.2) is 218 Å². The fraction of sp³-hybridized carbons (Fsp3) is 0.200. The molecule has 0 radical (unpaired) electrons. The van der Waals surface area contributed by atoms with Gasteiger partial charge in [-0.3, -0.25) is 15.0 Å². The van der Waals surface area contributed by atoms with Crippen LogP contribution in [0, 0.1) is 13.8 Å². The zero-order valence-electron chi connectivity index (χ0n) is 46.2. The van der Waals surface area contributed by atoms with Gasteiger partial charge in [-0.25, -0.2) is 9.13 Å². The van der Waals surface area contributed by atoms with Crippen LogP contribution in [0.2, 0.25) is 0 Å². The van der Waals surface area contributed by atoms with Gasteiger partial charge in [0.15, 0.2) is 23.8 Å². The molecule has 4 aromatic heterocycles. The maximum Gasteiger partial charge on any atom is 0.498 e. The van der Waals surface area contributed by atoms with E-state index in [0.717, 1.165) is 44.7 Å². The first-order valence-corrected chi connectivity index (χ1v) is 25.5. The largest absolute Gasteiger partial charge is 0.498 e. The van der Waals surface area contributed by atoms with E-state index in [0.29, 0.717) is 0 Å². The number of benzene rings is 5. The quantitative estimate of drug-likeness (QED) is 0.0851. The Hall–Kier alpha value is -9.22. The number of thiazole rings is 1. The van der Waals surface area contributed by atoms with Gasteiger partial charge in [0.1, 0.15) is 30.7 Å². The molecule has 0 aliphatic carbocycles. The number of hydrogen-bond acceptors (Lipinski definition) is 11. The number of fused-ring (bicyclic) bond motifs is 1. The van der Waals surface area contributed by atoms with Crippen molar-refractivity contribution in [3.63, 3.8) is 0 Å². The molecule has 0 amide bonds. The molecule has 1 N–H and O–H groups in total. The van der Waals surface area contributed by atoms with Gasteiger partial charge in [-0.1, -0.05) is 114 Å². The zero-order chi connectivity index (χ0) is 55.7. The van der Waals surface area contributed by atoms with Gasteiger partial charge in [-0.15, -0.1) is 0 Å². The highest BCUT2D eigenvalue weighted by Gasteiger charge is 2.15. The lowest BCUT2D eigenvalue weighted by atomic mass is 10.2. The first-order valence-electron chi connectivity index (χ1n) is 24.7. The summed E-state index contributed by atoms with van der Waals surface area (Å²) in [6.45, 7) is 3.99. The molecule has 0 aliphatic rings. The second kappa shape index (κ2) is 30.2. The summed E-state index contributed by atoms with van der Waals surface area (Å²) in [6, 6.07) is 56.2. The number of para-hydroxylation sites is 4. The van der Waals surface area contributed by atoms with Crippen molar-refractivity contribution in [3.8, 4) is 0 Å². The lowest BCUT2D eigenvalue weighted by molar-refractivity contribution is -0.691. The summed E-state index contributed by atoms with van der Waals surface area (Å²) >= 11 is 1.74. The molecule has 9 rings (SSSR count). The van der Waals surface area contributed by atoms with Crippen LogP contribution in [-0.2, 0) is 42.3 Å². The zero-order valence-corrected chi connectivity index (χ0v) is 47.1. The minimum absolute atomic E-state index is 0.0613. The molecular formula is C60H72N14O2S+4. The summed E-state index contributed by atoms with van der Waals surface area (Å²) in [6.07, 6.45) is 12.8. The highest BCUT2D eigenvalue weighted by molar-refractivity contribution is 7.19. The minimum atomic E-state index is -0.0775. The minimum Gasteiger partial charge on any atom is -0.313 e. The van der Waals surface area contributed by atoms with Crippen LogP contribution in [0.25, 0.3) is 10.2 Å². The van der Waals surface area contributed by atoms with Gasteiger partial charge in [0.25, 0.3) is 5.01 Å². The van der Waals surface area contributed by atoms with Crippen LogP contribution in [0.4, 0.5) is 17.1 Å². The molecule has 16 nitrogen and oxygen atoms in total. The normalized spacial score (nSPS) is 10.8. The molecule has 0 atom stereocenters. The lowest BCUT2D eigenvalue weighted by Gasteiger charge is -2.12. The van der Waals surface area contributed by atoms with Gasteiger partial charge in [-0.2, -0.15) is 48.3 Å². The Balaban J connectivity index is 0.000000182. The molecule has 0 aliphatic heterocycles.